The molecule has 12 nitrogen and oxygen atoms in total. The Bertz CT molecular complexity index is 2470. The van der Waals surface area contributed by atoms with Gasteiger partial charge in [-0.05, 0) is 69.5 Å². The van der Waals surface area contributed by atoms with E-state index < -0.39 is 22.6 Å². The average molecular weight is 661 g/mol. The van der Waals surface area contributed by atoms with Crippen LogP contribution in [0.15, 0.2) is 87.3 Å². The van der Waals surface area contributed by atoms with E-state index in [4.69, 9.17) is 0 Å². The number of halogens is 1. The smallest absolute Gasteiger partial charge is 0.336 e. The van der Waals surface area contributed by atoms with Crippen LogP contribution in [-0.4, -0.2) is 34.6 Å². The molecule has 0 saturated heterocycles. The highest BCUT2D eigenvalue weighted by Gasteiger charge is 2.31. The second-order valence-electron chi connectivity index (χ2n) is 12.5. The monoisotopic (exact) mass is 660 g/mol. The second-order valence-corrected chi connectivity index (χ2v) is 12.5. The van der Waals surface area contributed by atoms with Crippen molar-refractivity contribution in [2.75, 3.05) is 10.6 Å². The number of carbonyl (C=O) groups excluding carboxylic acids is 1. The first-order valence-corrected chi connectivity index (χ1v) is 15.8. The molecular weight excluding hydrogens is 627 g/mol. The van der Waals surface area contributed by atoms with Crippen molar-refractivity contribution in [2.45, 2.75) is 46.2 Å². The third-order valence-corrected chi connectivity index (χ3v) is 8.71. The molecule has 1 aliphatic carbocycles. The van der Waals surface area contributed by atoms with Crippen LogP contribution in [0.2, 0.25) is 0 Å². The molecule has 13 heteroatoms. The van der Waals surface area contributed by atoms with Gasteiger partial charge in [-0.15, -0.1) is 5.10 Å². The molecule has 1 aliphatic rings. The quantitative estimate of drug-likeness (QED) is 0.237. The molecule has 1 saturated carbocycles. The van der Waals surface area contributed by atoms with Gasteiger partial charge in [-0.3, -0.25) is 28.1 Å². The zero-order chi connectivity index (χ0) is 34.6. The Morgan fingerprint density at radius 1 is 0.939 bits per heavy atom. The molecule has 49 heavy (non-hydrogen) atoms. The van der Waals surface area contributed by atoms with Gasteiger partial charge in [0.25, 0.3) is 11.1 Å². The van der Waals surface area contributed by atoms with E-state index in [0.717, 1.165) is 11.1 Å². The maximum absolute atomic E-state index is 15.0. The van der Waals surface area contributed by atoms with Crippen molar-refractivity contribution in [3.63, 3.8) is 0 Å². The summed E-state index contributed by atoms with van der Waals surface area (Å²) in [6, 6.07) is 18.7. The minimum atomic E-state index is -0.612. The number of nitrogens with one attached hydrogen (secondary N) is 2. The average Bonchev–Trinajstić information content (AvgIpc) is 3.80. The van der Waals surface area contributed by atoms with Crippen molar-refractivity contribution in [1.82, 2.24) is 28.7 Å². The summed E-state index contributed by atoms with van der Waals surface area (Å²) in [6.45, 7) is 5.18. The number of pyridine rings is 1. The van der Waals surface area contributed by atoms with Gasteiger partial charge >= 0.3 is 5.69 Å². The number of anilines is 3. The number of benzene rings is 3. The van der Waals surface area contributed by atoms with Crippen molar-refractivity contribution < 1.29 is 9.18 Å². The number of rotatable bonds is 8. The van der Waals surface area contributed by atoms with Gasteiger partial charge in [0.05, 0.1) is 23.1 Å². The Kier molecular flexibility index (Phi) is 7.81. The fourth-order valence-electron chi connectivity index (χ4n) is 6.01. The summed E-state index contributed by atoms with van der Waals surface area (Å²) in [5, 5.41) is 14.1. The first-order chi connectivity index (χ1) is 23.5. The van der Waals surface area contributed by atoms with Crippen LogP contribution >= 0.6 is 0 Å². The van der Waals surface area contributed by atoms with Gasteiger partial charge < -0.3 is 10.6 Å². The van der Waals surface area contributed by atoms with Crippen LogP contribution in [0, 0.1) is 26.6 Å². The van der Waals surface area contributed by atoms with Crippen LogP contribution in [0.4, 0.5) is 21.6 Å². The summed E-state index contributed by atoms with van der Waals surface area (Å²) >= 11 is 0. The van der Waals surface area contributed by atoms with E-state index in [-0.39, 0.29) is 46.5 Å². The van der Waals surface area contributed by atoms with Gasteiger partial charge in [-0.1, -0.05) is 47.2 Å². The van der Waals surface area contributed by atoms with Crippen LogP contribution in [0.5, 0.6) is 0 Å². The Morgan fingerprint density at radius 3 is 2.39 bits per heavy atom. The first kappa shape index (κ1) is 31.5. The highest BCUT2D eigenvalue weighted by Crippen LogP contribution is 2.34. The van der Waals surface area contributed by atoms with E-state index in [9.17, 15) is 19.2 Å². The summed E-state index contributed by atoms with van der Waals surface area (Å²) in [6.07, 6.45) is 2.97. The fourth-order valence-corrected chi connectivity index (χ4v) is 6.01. The van der Waals surface area contributed by atoms with E-state index in [1.54, 1.807) is 50.4 Å². The maximum Gasteiger partial charge on any atom is 0.336 e. The van der Waals surface area contributed by atoms with Gasteiger partial charge in [0.15, 0.2) is 0 Å². The van der Waals surface area contributed by atoms with Crippen LogP contribution in [-0.2, 0) is 18.4 Å². The minimum absolute atomic E-state index is 0.0591. The molecule has 3 aromatic carbocycles. The second kappa shape index (κ2) is 12.2. The maximum atomic E-state index is 15.0. The van der Waals surface area contributed by atoms with Crippen LogP contribution in [0.3, 0.4) is 0 Å². The number of hydrogen-bond acceptors (Lipinski definition) is 7. The lowest BCUT2D eigenvalue weighted by atomic mass is 10.1. The molecule has 7 rings (SSSR count). The van der Waals surface area contributed by atoms with Gasteiger partial charge in [0.2, 0.25) is 5.91 Å². The molecule has 0 unspecified atom stereocenters. The normalized spacial score (nSPS) is 12.8. The zero-order valence-electron chi connectivity index (χ0n) is 27.3. The van der Waals surface area contributed by atoms with Crippen molar-refractivity contribution in [1.29, 1.82) is 0 Å². The van der Waals surface area contributed by atoms with Crippen molar-refractivity contribution in [2.24, 2.45) is 7.05 Å². The number of fused-ring (bicyclic) bond motifs is 1. The largest absolute Gasteiger partial charge is 0.338 e. The minimum Gasteiger partial charge on any atom is -0.338 e. The van der Waals surface area contributed by atoms with E-state index >= 15 is 4.39 Å². The topological polar surface area (TPSA) is 138 Å². The zero-order valence-corrected chi connectivity index (χ0v) is 27.3. The predicted molar refractivity (Wildman–Crippen MR) is 185 cm³/mol. The standard InChI is InChI=1S/C36H33FN8O4/c1-20-8-11-23(12-9-20)29-18-43(41-40-29)19-30(46)38-24-6-5-7-26(17-24)44-32-22(3)34(47)42(4)33(39-28-15-10-21(2)16-27(28)37)31(32)35(48)45(36(44)49)25-13-14-25/h5-12,15-18,25,39H,13-14,19H2,1-4H3,(H,38,46). The summed E-state index contributed by atoms with van der Waals surface area (Å²) in [5.74, 6) is -0.879. The Morgan fingerprint density at radius 2 is 1.67 bits per heavy atom. The molecule has 0 spiro atoms. The Balaban J connectivity index is 1.29. The van der Waals surface area contributed by atoms with Crippen LogP contribution in [0.1, 0.15) is 35.6 Å². The van der Waals surface area contributed by atoms with E-state index in [0.29, 0.717) is 35.5 Å². The number of hydrogen-bond donors (Lipinski definition) is 2. The molecule has 6 aromatic rings. The molecule has 1 fully saturated rings. The highest BCUT2D eigenvalue weighted by molar-refractivity contribution is 5.94. The van der Waals surface area contributed by atoms with Gasteiger partial charge in [0, 0.05) is 29.9 Å². The Hall–Kier alpha value is -6.11. The molecular formula is C36H33FN8O4. The van der Waals surface area contributed by atoms with E-state index in [1.165, 1.54) is 37.6 Å². The fraction of sp³-hybridized carbons (Fsp3) is 0.222. The number of nitrogens with zero attached hydrogens (tertiary/aromatic N) is 6. The Labute approximate surface area is 279 Å². The van der Waals surface area contributed by atoms with Crippen molar-refractivity contribution in [3.8, 4) is 16.9 Å². The van der Waals surface area contributed by atoms with Gasteiger partial charge in [-0.25, -0.2) is 13.9 Å². The lowest BCUT2D eigenvalue weighted by Gasteiger charge is -2.21. The summed E-state index contributed by atoms with van der Waals surface area (Å²) in [5.41, 5.74) is 2.71. The first-order valence-electron chi connectivity index (χ1n) is 15.8. The number of aromatic nitrogens is 6. The molecule has 248 valence electrons. The number of carbonyl (C=O) groups is 1. The van der Waals surface area contributed by atoms with E-state index in [2.05, 4.69) is 20.9 Å². The van der Waals surface area contributed by atoms with Gasteiger partial charge in [0.1, 0.15) is 29.3 Å². The van der Waals surface area contributed by atoms with Crippen molar-refractivity contribution >= 4 is 34.0 Å². The molecule has 0 bridgehead atoms. The molecule has 2 N–H and O–H groups in total. The number of amides is 1. The summed E-state index contributed by atoms with van der Waals surface area (Å²) in [4.78, 5) is 54.9. The lowest BCUT2D eigenvalue weighted by Crippen LogP contribution is -2.41. The van der Waals surface area contributed by atoms with Gasteiger partial charge in [-0.2, -0.15) is 0 Å². The lowest BCUT2D eigenvalue weighted by molar-refractivity contribution is -0.116. The number of aryl methyl sites for hydroxylation is 3. The molecule has 0 aliphatic heterocycles. The predicted octanol–water partition coefficient (Wildman–Crippen LogP) is 4.89. The molecule has 0 atom stereocenters. The summed E-state index contributed by atoms with van der Waals surface area (Å²) in [7, 11) is 1.49. The summed E-state index contributed by atoms with van der Waals surface area (Å²) < 4.78 is 20.2. The van der Waals surface area contributed by atoms with E-state index in [1.807, 2.05) is 31.2 Å². The SMILES string of the molecule is Cc1ccc(-c2cn(CC(=O)Nc3cccc(-n4c(=O)n(C5CC5)c(=O)c5c(Nc6ccc(C)cc6F)n(C)c(=O)c(C)c54)c3)nn2)cc1. The third kappa shape index (κ3) is 5.83. The van der Waals surface area contributed by atoms with Crippen LogP contribution < -0.4 is 27.4 Å². The molecule has 0 radical (unpaired) electrons. The molecule has 3 aromatic heterocycles. The molecule has 3 heterocycles. The van der Waals surface area contributed by atoms with Crippen LogP contribution in [0.25, 0.3) is 27.8 Å². The third-order valence-electron chi connectivity index (χ3n) is 8.71. The molecule has 1 amide bonds. The highest BCUT2D eigenvalue weighted by atomic mass is 19.1. The van der Waals surface area contributed by atoms with Crippen molar-refractivity contribution in [3.05, 3.63) is 127 Å².